The van der Waals surface area contributed by atoms with Crippen molar-refractivity contribution in [2.75, 3.05) is 14.2 Å². The van der Waals surface area contributed by atoms with Gasteiger partial charge in [0.15, 0.2) is 0 Å². The van der Waals surface area contributed by atoms with Gasteiger partial charge in [0, 0.05) is 6.04 Å². The maximum Gasteiger partial charge on any atom is 0.127 e. The van der Waals surface area contributed by atoms with Crippen LogP contribution in [0, 0.1) is 5.41 Å². The summed E-state index contributed by atoms with van der Waals surface area (Å²) in [5, 5.41) is 0. The van der Waals surface area contributed by atoms with Crippen LogP contribution in [0.4, 0.5) is 0 Å². The molecule has 3 nitrogen and oxygen atoms in total. The van der Waals surface area contributed by atoms with Gasteiger partial charge in [-0.25, -0.2) is 0 Å². The Morgan fingerprint density at radius 2 is 1.50 bits per heavy atom. The van der Waals surface area contributed by atoms with Crippen molar-refractivity contribution in [3.8, 4) is 11.5 Å². The highest BCUT2D eigenvalue weighted by atomic mass is 16.5. The van der Waals surface area contributed by atoms with Gasteiger partial charge in [-0.1, -0.05) is 26.8 Å². The van der Waals surface area contributed by atoms with Crippen molar-refractivity contribution < 1.29 is 9.47 Å². The molecule has 0 saturated heterocycles. The predicted molar refractivity (Wildman–Crippen MR) is 65.9 cm³/mol. The van der Waals surface area contributed by atoms with Gasteiger partial charge in [-0.3, -0.25) is 0 Å². The summed E-state index contributed by atoms with van der Waals surface area (Å²) in [4.78, 5) is 0. The Hall–Kier alpha value is -1.22. The number of hydrogen-bond acceptors (Lipinski definition) is 3. The molecule has 0 aliphatic heterocycles. The van der Waals surface area contributed by atoms with Crippen LogP contribution in [0.3, 0.4) is 0 Å². The SMILES string of the molecule is COc1cccc(OC)c1C(N)C(C)(C)C. The maximum atomic E-state index is 6.26. The number of nitrogens with two attached hydrogens (primary N) is 1. The minimum atomic E-state index is -0.126. The quantitative estimate of drug-likeness (QED) is 0.857. The summed E-state index contributed by atoms with van der Waals surface area (Å²) in [5.41, 5.74) is 7.16. The van der Waals surface area contributed by atoms with E-state index >= 15 is 0 Å². The molecule has 0 aliphatic rings. The van der Waals surface area contributed by atoms with E-state index in [2.05, 4.69) is 20.8 Å². The summed E-state index contributed by atoms with van der Waals surface area (Å²) < 4.78 is 10.7. The molecule has 1 aromatic rings. The average molecular weight is 223 g/mol. The molecule has 0 amide bonds. The molecule has 2 N–H and O–H groups in total. The first kappa shape index (κ1) is 12.8. The molecule has 0 aromatic heterocycles. The number of methoxy groups -OCH3 is 2. The van der Waals surface area contributed by atoms with Crippen LogP contribution in [0.2, 0.25) is 0 Å². The first-order valence-electron chi connectivity index (χ1n) is 5.38. The number of hydrogen-bond donors (Lipinski definition) is 1. The highest BCUT2D eigenvalue weighted by Gasteiger charge is 2.27. The monoisotopic (exact) mass is 223 g/mol. The van der Waals surface area contributed by atoms with Crippen molar-refractivity contribution in [3.05, 3.63) is 23.8 Å². The number of rotatable bonds is 3. The summed E-state index contributed by atoms with van der Waals surface area (Å²) >= 11 is 0. The van der Waals surface area contributed by atoms with Gasteiger partial charge in [-0.15, -0.1) is 0 Å². The molecule has 3 heteroatoms. The minimum absolute atomic E-state index is 0.0398. The van der Waals surface area contributed by atoms with Crippen LogP contribution in [-0.2, 0) is 0 Å². The first-order chi connectivity index (χ1) is 7.41. The fourth-order valence-corrected chi connectivity index (χ4v) is 1.62. The molecule has 1 unspecified atom stereocenters. The van der Waals surface area contributed by atoms with Crippen LogP contribution in [-0.4, -0.2) is 14.2 Å². The fourth-order valence-electron chi connectivity index (χ4n) is 1.62. The number of benzene rings is 1. The van der Waals surface area contributed by atoms with Gasteiger partial charge in [0.25, 0.3) is 0 Å². The summed E-state index contributed by atoms with van der Waals surface area (Å²) in [5.74, 6) is 1.56. The zero-order chi connectivity index (χ0) is 12.3. The van der Waals surface area contributed by atoms with Crippen molar-refractivity contribution >= 4 is 0 Å². The summed E-state index contributed by atoms with van der Waals surface area (Å²) in [6.07, 6.45) is 0. The molecule has 16 heavy (non-hydrogen) atoms. The summed E-state index contributed by atoms with van der Waals surface area (Å²) in [6, 6.07) is 5.59. The highest BCUT2D eigenvalue weighted by Crippen LogP contribution is 2.40. The van der Waals surface area contributed by atoms with Gasteiger partial charge in [0.2, 0.25) is 0 Å². The lowest BCUT2D eigenvalue weighted by Gasteiger charge is -2.29. The third kappa shape index (κ3) is 2.47. The molecule has 0 saturated carbocycles. The first-order valence-corrected chi connectivity index (χ1v) is 5.38. The van der Waals surface area contributed by atoms with E-state index in [0.717, 1.165) is 17.1 Å². The fraction of sp³-hybridized carbons (Fsp3) is 0.538. The van der Waals surface area contributed by atoms with E-state index in [0.29, 0.717) is 0 Å². The molecule has 0 spiro atoms. The van der Waals surface area contributed by atoms with Crippen molar-refractivity contribution in [1.29, 1.82) is 0 Å². The predicted octanol–water partition coefficient (Wildman–Crippen LogP) is 2.75. The van der Waals surface area contributed by atoms with Crippen LogP contribution < -0.4 is 15.2 Å². The lowest BCUT2D eigenvalue weighted by molar-refractivity contribution is 0.301. The van der Waals surface area contributed by atoms with Crippen LogP contribution in [0.25, 0.3) is 0 Å². The second-order valence-electron chi connectivity index (χ2n) is 4.92. The smallest absolute Gasteiger partial charge is 0.127 e. The van der Waals surface area contributed by atoms with Crippen molar-refractivity contribution in [3.63, 3.8) is 0 Å². The molecule has 90 valence electrons. The maximum absolute atomic E-state index is 6.26. The Labute approximate surface area is 97.6 Å². The van der Waals surface area contributed by atoms with Gasteiger partial charge in [0.05, 0.1) is 19.8 Å². The van der Waals surface area contributed by atoms with Crippen LogP contribution in [0.5, 0.6) is 11.5 Å². The summed E-state index contributed by atoms with van der Waals surface area (Å²) in [7, 11) is 3.29. The molecule has 1 aromatic carbocycles. The lowest BCUT2D eigenvalue weighted by Crippen LogP contribution is -2.27. The van der Waals surface area contributed by atoms with E-state index in [-0.39, 0.29) is 11.5 Å². The summed E-state index contributed by atoms with van der Waals surface area (Å²) in [6.45, 7) is 6.30. The molecule has 0 bridgehead atoms. The van der Waals surface area contributed by atoms with E-state index in [9.17, 15) is 0 Å². The van der Waals surface area contributed by atoms with Gasteiger partial charge < -0.3 is 15.2 Å². The second kappa shape index (κ2) is 4.74. The minimum Gasteiger partial charge on any atom is -0.496 e. The normalized spacial score (nSPS) is 13.4. The molecular formula is C13H21NO2. The molecule has 1 rings (SSSR count). The van der Waals surface area contributed by atoms with Crippen molar-refractivity contribution in [2.24, 2.45) is 11.1 Å². The second-order valence-corrected chi connectivity index (χ2v) is 4.92. The molecular weight excluding hydrogens is 202 g/mol. The third-order valence-corrected chi connectivity index (χ3v) is 2.71. The third-order valence-electron chi connectivity index (χ3n) is 2.71. The lowest BCUT2D eigenvalue weighted by atomic mass is 9.82. The topological polar surface area (TPSA) is 44.5 Å². The Balaban J connectivity index is 3.28. The van der Waals surface area contributed by atoms with Crippen LogP contribution >= 0.6 is 0 Å². The zero-order valence-corrected chi connectivity index (χ0v) is 10.7. The van der Waals surface area contributed by atoms with Crippen molar-refractivity contribution in [1.82, 2.24) is 0 Å². The van der Waals surface area contributed by atoms with E-state index in [1.165, 1.54) is 0 Å². The van der Waals surface area contributed by atoms with E-state index < -0.39 is 0 Å². The Kier molecular flexibility index (Phi) is 3.81. The van der Waals surface area contributed by atoms with E-state index in [4.69, 9.17) is 15.2 Å². The zero-order valence-electron chi connectivity index (χ0n) is 10.7. The van der Waals surface area contributed by atoms with Gasteiger partial charge in [0.1, 0.15) is 11.5 Å². The van der Waals surface area contributed by atoms with Crippen LogP contribution in [0.1, 0.15) is 32.4 Å². The highest BCUT2D eigenvalue weighted by molar-refractivity contribution is 5.47. The molecule has 0 heterocycles. The molecule has 0 aliphatic carbocycles. The molecule has 0 radical (unpaired) electrons. The Morgan fingerprint density at radius 1 is 1.06 bits per heavy atom. The largest absolute Gasteiger partial charge is 0.496 e. The van der Waals surface area contributed by atoms with Crippen molar-refractivity contribution in [2.45, 2.75) is 26.8 Å². The van der Waals surface area contributed by atoms with Crippen LogP contribution in [0.15, 0.2) is 18.2 Å². The van der Waals surface area contributed by atoms with Gasteiger partial charge in [-0.05, 0) is 17.5 Å². The van der Waals surface area contributed by atoms with E-state index in [1.807, 2.05) is 18.2 Å². The van der Waals surface area contributed by atoms with E-state index in [1.54, 1.807) is 14.2 Å². The van der Waals surface area contributed by atoms with Gasteiger partial charge in [-0.2, -0.15) is 0 Å². The molecule has 1 atom stereocenters. The van der Waals surface area contributed by atoms with Gasteiger partial charge >= 0.3 is 0 Å². The standard InChI is InChI=1S/C13H21NO2/c1-13(2,3)12(14)11-9(15-4)7-6-8-10(11)16-5/h6-8,12H,14H2,1-5H3. The number of ether oxygens (including phenoxy) is 2. The average Bonchev–Trinajstić information content (AvgIpc) is 2.25. The Morgan fingerprint density at radius 3 is 1.81 bits per heavy atom. The Bertz CT molecular complexity index is 333. The molecule has 0 fully saturated rings.